The molecule has 48 valence electrons. The second-order valence-electron chi connectivity index (χ2n) is 1.88. The van der Waals surface area contributed by atoms with Gasteiger partial charge in [0.2, 0.25) is 0 Å². The molecule has 1 aliphatic rings. The van der Waals surface area contributed by atoms with Crippen LogP contribution in [0.1, 0.15) is 6.92 Å². The molecule has 0 atom stereocenters. The molecular weight excluding hydrogens is 152 g/mol. The Bertz CT molecular complexity index is 183. The van der Waals surface area contributed by atoms with Crippen molar-refractivity contribution < 1.29 is 0 Å². The van der Waals surface area contributed by atoms with Gasteiger partial charge in [0.05, 0.1) is 4.20 Å². The lowest BCUT2D eigenvalue weighted by atomic mass is 10.3. The summed E-state index contributed by atoms with van der Waals surface area (Å²) in [7, 11) is 0. The molecule has 1 heterocycles. The quantitative estimate of drug-likeness (QED) is 0.449. The molecule has 9 heavy (non-hydrogen) atoms. The van der Waals surface area contributed by atoms with Gasteiger partial charge in [0.25, 0.3) is 0 Å². The van der Waals surface area contributed by atoms with E-state index in [0.717, 1.165) is 0 Å². The first kappa shape index (κ1) is 6.89. The van der Waals surface area contributed by atoms with Crippen molar-refractivity contribution in [1.82, 2.24) is 0 Å². The summed E-state index contributed by atoms with van der Waals surface area (Å²) in [5.74, 6) is 0. The van der Waals surface area contributed by atoms with E-state index in [-0.39, 0.29) is 0 Å². The molecule has 0 bridgehead atoms. The molecule has 0 radical (unpaired) electrons. The van der Waals surface area contributed by atoms with Crippen LogP contribution in [-0.2, 0) is 0 Å². The van der Waals surface area contributed by atoms with Crippen LogP contribution in [0.15, 0.2) is 9.98 Å². The maximum Gasteiger partial charge on any atom is 0.188 e. The molecule has 0 saturated carbocycles. The second-order valence-corrected chi connectivity index (χ2v) is 3.04. The molecule has 0 fully saturated rings. The van der Waals surface area contributed by atoms with Crippen molar-refractivity contribution in [2.45, 2.75) is 12.6 Å². The van der Waals surface area contributed by atoms with Gasteiger partial charge in [-0.2, -0.15) is 0 Å². The molecular formula is C5H6N2S2. The lowest BCUT2D eigenvalue weighted by Gasteiger charge is -2.13. The first-order chi connectivity index (χ1) is 4.15. The maximum absolute atomic E-state index is 4.81. The standard InChI is InChI=1S/C5H6N2S2/c1-5(4(8)9)6-2-3-7-5/h2-3H,1H3,(H,8,9). The Balaban J connectivity index is 2.88. The fraction of sp³-hybridized carbons (Fsp3) is 0.400. The summed E-state index contributed by atoms with van der Waals surface area (Å²) >= 11 is 8.79. The Hall–Kier alpha value is -0.220. The van der Waals surface area contributed by atoms with Gasteiger partial charge in [-0.15, -0.1) is 12.6 Å². The molecule has 4 heteroatoms. The molecule has 1 rings (SSSR count). The maximum atomic E-state index is 4.81. The van der Waals surface area contributed by atoms with Crippen molar-refractivity contribution in [3.05, 3.63) is 0 Å². The molecule has 0 aliphatic carbocycles. The van der Waals surface area contributed by atoms with Crippen LogP contribution in [0, 0.1) is 0 Å². The molecule has 0 aromatic rings. The Morgan fingerprint density at radius 2 is 2.00 bits per heavy atom. The molecule has 0 saturated heterocycles. The van der Waals surface area contributed by atoms with Crippen LogP contribution in [0.5, 0.6) is 0 Å². The monoisotopic (exact) mass is 158 g/mol. The van der Waals surface area contributed by atoms with Crippen molar-refractivity contribution in [1.29, 1.82) is 0 Å². The van der Waals surface area contributed by atoms with E-state index in [0.29, 0.717) is 4.20 Å². The molecule has 0 unspecified atom stereocenters. The minimum Gasteiger partial charge on any atom is -0.256 e. The highest BCUT2D eigenvalue weighted by Crippen LogP contribution is 2.18. The average molecular weight is 158 g/mol. The highest BCUT2D eigenvalue weighted by Gasteiger charge is 2.25. The molecule has 0 aromatic heterocycles. The van der Waals surface area contributed by atoms with E-state index in [9.17, 15) is 0 Å². The van der Waals surface area contributed by atoms with Gasteiger partial charge in [0.1, 0.15) is 0 Å². The van der Waals surface area contributed by atoms with Gasteiger partial charge in [0, 0.05) is 12.4 Å². The number of nitrogens with zero attached hydrogens (tertiary/aromatic N) is 2. The minimum absolute atomic E-state index is 0.507. The number of thiol groups is 1. The van der Waals surface area contributed by atoms with Crippen LogP contribution in [0.3, 0.4) is 0 Å². The summed E-state index contributed by atoms with van der Waals surface area (Å²) in [6.07, 6.45) is 3.26. The van der Waals surface area contributed by atoms with Crippen LogP contribution in [0.4, 0.5) is 0 Å². The first-order valence-electron chi connectivity index (χ1n) is 2.47. The third-order valence-electron chi connectivity index (χ3n) is 1.12. The Labute approximate surface area is 64.5 Å². The van der Waals surface area contributed by atoms with E-state index in [2.05, 4.69) is 22.6 Å². The molecule has 0 N–H and O–H groups in total. The summed E-state index contributed by atoms with van der Waals surface area (Å²) in [5, 5.41) is 0. The van der Waals surface area contributed by atoms with Crippen molar-refractivity contribution in [3.63, 3.8) is 0 Å². The van der Waals surface area contributed by atoms with E-state index in [1.165, 1.54) is 0 Å². The number of thiocarbonyl (C=S) groups is 1. The smallest absolute Gasteiger partial charge is 0.188 e. The predicted molar refractivity (Wildman–Crippen MR) is 47.0 cm³/mol. The van der Waals surface area contributed by atoms with Crippen LogP contribution in [-0.4, -0.2) is 22.3 Å². The van der Waals surface area contributed by atoms with Crippen LogP contribution >= 0.6 is 24.8 Å². The number of hydrogen-bond donors (Lipinski definition) is 1. The van der Waals surface area contributed by atoms with Crippen LogP contribution in [0.25, 0.3) is 0 Å². The number of rotatable bonds is 1. The van der Waals surface area contributed by atoms with E-state index in [1.807, 2.05) is 6.92 Å². The van der Waals surface area contributed by atoms with Crippen molar-refractivity contribution in [2.24, 2.45) is 9.98 Å². The molecule has 0 aromatic carbocycles. The SMILES string of the molecule is CC1(C(=S)S)N=CC=N1. The normalized spacial score (nSPS) is 20.7. The fourth-order valence-corrected chi connectivity index (χ4v) is 0.722. The lowest BCUT2D eigenvalue weighted by molar-refractivity contribution is 0.705. The number of aliphatic imine (C=N–C) groups is 2. The predicted octanol–water partition coefficient (Wildman–Crippen LogP) is 1.11. The van der Waals surface area contributed by atoms with Crippen LogP contribution < -0.4 is 0 Å². The van der Waals surface area contributed by atoms with Crippen molar-refractivity contribution >= 4 is 41.5 Å². The van der Waals surface area contributed by atoms with Gasteiger partial charge in [-0.3, -0.25) is 9.98 Å². The largest absolute Gasteiger partial charge is 0.256 e. The highest BCUT2D eigenvalue weighted by molar-refractivity contribution is 8.11. The van der Waals surface area contributed by atoms with Gasteiger partial charge >= 0.3 is 0 Å². The minimum atomic E-state index is -0.571. The van der Waals surface area contributed by atoms with Crippen molar-refractivity contribution in [3.8, 4) is 0 Å². The topological polar surface area (TPSA) is 24.7 Å². The summed E-state index contributed by atoms with van der Waals surface area (Å²) in [6.45, 7) is 1.82. The first-order valence-corrected chi connectivity index (χ1v) is 3.33. The fourth-order valence-electron chi connectivity index (χ4n) is 0.501. The lowest BCUT2D eigenvalue weighted by Crippen LogP contribution is -2.22. The van der Waals surface area contributed by atoms with Gasteiger partial charge in [-0.25, -0.2) is 0 Å². The van der Waals surface area contributed by atoms with Crippen molar-refractivity contribution in [2.75, 3.05) is 0 Å². The number of hydrogen-bond acceptors (Lipinski definition) is 3. The average Bonchev–Trinajstić information content (AvgIpc) is 2.16. The van der Waals surface area contributed by atoms with E-state index < -0.39 is 5.66 Å². The molecule has 0 spiro atoms. The van der Waals surface area contributed by atoms with Gasteiger partial charge in [0.15, 0.2) is 5.66 Å². The zero-order valence-electron chi connectivity index (χ0n) is 4.90. The van der Waals surface area contributed by atoms with Crippen LogP contribution in [0.2, 0.25) is 0 Å². The highest BCUT2D eigenvalue weighted by atomic mass is 32.1. The zero-order chi connectivity index (χ0) is 6.91. The van der Waals surface area contributed by atoms with E-state index in [4.69, 9.17) is 12.2 Å². The Morgan fingerprint density at radius 3 is 2.22 bits per heavy atom. The summed E-state index contributed by atoms with van der Waals surface area (Å²) in [4.78, 5) is 8.00. The third kappa shape index (κ3) is 1.19. The summed E-state index contributed by atoms with van der Waals surface area (Å²) < 4.78 is 0.507. The molecule has 2 nitrogen and oxygen atoms in total. The zero-order valence-corrected chi connectivity index (χ0v) is 6.62. The summed E-state index contributed by atoms with van der Waals surface area (Å²) in [5.41, 5.74) is -0.571. The molecule has 1 aliphatic heterocycles. The summed E-state index contributed by atoms with van der Waals surface area (Å²) in [6, 6.07) is 0. The third-order valence-corrected chi connectivity index (χ3v) is 1.93. The van der Waals surface area contributed by atoms with Gasteiger partial charge in [-0.1, -0.05) is 12.2 Å². The molecule has 0 amide bonds. The Morgan fingerprint density at radius 1 is 1.56 bits per heavy atom. The van der Waals surface area contributed by atoms with E-state index >= 15 is 0 Å². The second kappa shape index (κ2) is 2.19. The van der Waals surface area contributed by atoms with Gasteiger partial charge in [-0.05, 0) is 6.92 Å². The van der Waals surface area contributed by atoms with Gasteiger partial charge < -0.3 is 0 Å². The van der Waals surface area contributed by atoms with E-state index in [1.54, 1.807) is 12.4 Å². The Kier molecular flexibility index (Phi) is 1.68.